The summed E-state index contributed by atoms with van der Waals surface area (Å²) >= 11 is 0. The number of anilines is 1. The Labute approximate surface area is 128 Å². The zero-order valence-electron chi connectivity index (χ0n) is 13.2. The predicted octanol–water partition coefficient (Wildman–Crippen LogP) is 4.19. The second kappa shape index (κ2) is 6.71. The van der Waals surface area contributed by atoms with Gasteiger partial charge in [-0.3, -0.25) is 0 Å². The van der Waals surface area contributed by atoms with Crippen molar-refractivity contribution in [2.45, 2.75) is 83.0 Å². The Morgan fingerprint density at radius 2 is 1.38 bits per heavy atom. The first kappa shape index (κ1) is 14.7. The zero-order valence-corrected chi connectivity index (χ0v) is 13.2. The number of hydrogen-bond donors (Lipinski definition) is 1. The van der Waals surface area contributed by atoms with E-state index in [1.54, 1.807) is 0 Å². The first-order valence-electron chi connectivity index (χ1n) is 8.77. The number of aromatic nitrogens is 3. The topological polar surface area (TPSA) is 64.7 Å². The van der Waals surface area contributed by atoms with E-state index in [0.29, 0.717) is 17.8 Å². The smallest absolute Gasteiger partial charge is 0.223 e. The quantitative estimate of drug-likeness (QED) is 0.906. The van der Waals surface area contributed by atoms with Crippen LogP contribution >= 0.6 is 0 Å². The van der Waals surface area contributed by atoms with Gasteiger partial charge in [0.2, 0.25) is 5.95 Å². The molecule has 2 saturated carbocycles. The van der Waals surface area contributed by atoms with Gasteiger partial charge in [-0.2, -0.15) is 9.97 Å². The van der Waals surface area contributed by atoms with Crippen molar-refractivity contribution in [2.75, 3.05) is 5.73 Å². The van der Waals surface area contributed by atoms with E-state index >= 15 is 0 Å². The molecule has 0 aromatic carbocycles. The van der Waals surface area contributed by atoms with Crippen LogP contribution < -0.4 is 5.73 Å². The summed E-state index contributed by atoms with van der Waals surface area (Å²) in [4.78, 5) is 13.7. The van der Waals surface area contributed by atoms with Crippen molar-refractivity contribution in [1.29, 1.82) is 0 Å². The highest BCUT2D eigenvalue weighted by atomic mass is 15.1. The average Bonchev–Trinajstić information content (AvgIpc) is 2.55. The molecule has 1 aromatic heterocycles. The molecule has 2 fully saturated rings. The van der Waals surface area contributed by atoms with Crippen LogP contribution in [0.4, 0.5) is 5.95 Å². The van der Waals surface area contributed by atoms with Gasteiger partial charge in [0.25, 0.3) is 0 Å². The molecule has 3 rings (SSSR count). The van der Waals surface area contributed by atoms with Crippen LogP contribution in [0.3, 0.4) is 0 Å². The fourth-order valence-corrected chi connectivity index (χ4v) is 3.98. The van der Waals surface area contributed by atoms with Crippen LogP contribution in [0.2, 0.25) is 0 Å². The van der Waals surface area contributed by atoms with Gasteiger partial charge in [-0.05, 0) is 44.4 Å². The minimum absolute atomic E-state index is 0.429. The highest BCUT2D eigenvalue weighted by molar-refractivity contribution is 5.19. The molecular weight excluding hydrogens is 260 g/mol. The maximum absolute atomic E-state index is 5.96. The molecule has 0 aliphatic heterocycles. The molecule has 0 unspecified atom stereocenters. The van der Waals surface area contributed by atoms with Crippen molar-refractivity contribution >= 4 is 5.95 Å². The van der Waals surface area contributed by atoms with Gasteiger partial charge in [0, 0.05) is 11.8 Å². The molecule has 0 bridgehead atoms. The Hall–Kier alpha value is -1.19. The van der Waals surface area contributed by atoms with E-state index in [9.17, 15) is 0 Å². The highest BCUT2D eigenvalue weighted by Crippen LogP contribution is 2.37. The summed E-state index contributed by atoms with van der Waals surface area (Å²) in [6, 6.07) is 0. The molecule has 1 aromatic rings. The molecular formula is C17H28N4. The molecule has 0 saturated heterocycles. The summed E-state index contributed by atoms with van der Waals surface area (Å²) in [6.45, 7) is 2.30. The average molecular weight is 288 g/mol. The molecule has 0 spiro atoms. The van der Waals surface area contributed by atoms with Crippen LogP contribution in [0.25, 0.3) is 0 Å². The van der Waals surface area contributed by atoms with Crippen LogP contribution in [0.5, 0.6) is 0 Å². The van der Waals surface area contributed by atoms with Gasteiger partial charge >= 0.3 is 0 Å². The predicted molar refractivity (Wildman–Crippen MR) is 85.1 cm³/mol. The fraction of sp³-hybridized carbons (Fsp3) is 0.824. The van der Waals surface area contributed by atoms with Crippen molar-refractivity contribution in [3.63, 3.8) is 0 Å². The van der Waals surface area contributed by atoms with Crippen molar-refractivity contribution in [2.24, 2.45) is 5.92 Å². The minimum Gasteiger partial charge on any atom is -0.368 e. The van der Waals surface area contributed by atoms with Crippen LogP contribution in [0.15, 0.2) is 0 Å². The number of nitrogen functional groups attached to an aromatic ring is 1. The molecule has 2 aliphatic rings. The number of hydrogen-bond acceptors (Lipinski definition) is 4. The van der Waals surface area contributed by atoms with Crippen LogP contribution in [0.1, 0.15) is 94.6 Å². The summed E-state index contributed by atoms with van der Waals surface area (Å²) in [5.41, 5.74) is 5.96. The molecule has 2 N–H and O–H groups in total. The standard InChI is InChI=1S/C17H28N4/c1-2-12-8-10-14(11-9-12)16-19-15(20-17(18)21-16)13-6-4-3-5-7-13/h12-14H,2-11H2,1H3,(H2,18,19,20,21). The van der Waals surface area contributed by atoms with Crippen molar-refractivity contribution in [3.8, 4) is 0 Å². The lowest BCUT2D eigenvalue weighted by molar-refractivity contribution is 0.310. The lowest BCUT2D eigenvalue weighted by atomic mass is 9.80. The van der Waals surface area contributed by atoms with E-state index in [4.69, 9.17) is 10.7 Å². The number of nitrogens with zero attached hydrogens (tertiary/aromatic N) is 3. The zero-order chi connectivity index (χ0) is 14.7. The van der Waals surface area contributed by atoms with Gasteiger partial charge in [-0.1, -0.05) is 32.6 Å². The summed E-state index contributed by atoms with van der Waals surface area (Å²) in [6.07, 6.45) is 12.7. The van der Waals surface area contributed by atoms with E-state index in [2.05, 4.69) is 16.9 Å². The minimum atomic E-state index is 0.429. The highest BCUT2D eigenvalue weighted by Gasteiger charge is 2.26. The second-order valence-corrected chi connectivity index (χ2v) is 6.87. The van der Waals surface area contributed by atoms with Crippen LogP contribution in [0, 0.1) is 5.92 Å². The number of nitrogens with two attached hydrogens (primary N) is 1. The van der Waals surface area contributed by atoms with E-state index in [0.717, 1.165) is 17.6 Å². The molecule has 0 atom stereocenters. The molecule has 21 heavy (non-hydrogen) atoms. The lowest BCUT2D eigenvalue weighted by Gasteiger charge is -2.27. The Kier molecular flexibility index (Phi) is 4.71. The van der Waals surface area contributed by atoms with E-state index in [1.165, 1.54) is 64.2 Å². The third-order valence-electron chi connectivity index (χ3n) is 5.45. The largest absolute Gasteiger partial charge is 0.368 e. The molecule has 2 aliphatic carbocycles. The summed E-state index contributed by atoms with van der Waals surface area (Å²) in [7, 11) is 0. The summed E-state index contributed by atoms with van der Waals surface area (Å²) < 4.78 is 0. The maximum atomic E-state index is 5.96. The van der Waals surface area contributed by atoms with E-state index in [-0.39, 0.29) is 0 Å². The van der Waals surface area contributed by atoms with Gasteiger partial charge in [0.1, 0.15) is 11.6 Å². The van der Waals surface area contributed by atoms with Gasteiger partial charge in [-0.25, -0.2) is 4.98 Å². The maximum Gasteiger partial charge on any atom is 0.223 e. The SMILES string of the molecule is CCC1CCC(c2nc(N)nc(C3CCCCC3)n2)CC1. The molecule has 4 heteroatoms. The second-order valence-electron chi connectivity index (χ2n) is 6.87. The fourth-order valence-electron chi connectivity index (χ4n) is 3.98. The molecule has 0 amide bonds. The molecule has 4 nitrogen and oxygen atoms in total. The Morgan fingerprint density at radius 1 is 0.810 bits per heavy atom. The van der Waals surface area contributed by atoms with Crippen molar-refractivity contribution in [3.05, 3.63) is 11.6 Å². The number of rotatable bonds is 3. The van der Waals surface area contributed by atoms with Crippen molar-refractivity contribution < 1.29 is 0 Å². The van der Waals surface area contributed by atoms with Gasteiger partial charge in [-0.15, -0.1) is 0 Å². The van der Waals surface area contributed by atoms with E-state index in [1.807, 2.05) is 0 Å². The molecule has 0 radical (unpaired) electrons. The van der Waals surface area contributed by atoms with Crippen LogP contribution in [-0.2, 0) is 0 Å². The first-order valence-corrected chi connectivity index (χ1v) is 8.77. The molecule has 116 valence electrons. The van der Waals surface area contributed by atoms with Gasteiger partial charge < -0.3 is 5.73 Å². The third kappa shape index (κ3) is 3.53. The Balaban J connectivity index is 1.74. The van der Waals surface area contributed by atoms with Gasteiger partial charge in [0.05, 0.1) is 0 Å². The summed E-state index contributed by atoms with van der Waals surface area (Å²) in [5.74, 6) is 4.28. The Morgan fingerprint density at radius 3 is 1.95 bits per heavy atom. The summed E-state index contributed by atoms with van der Waals surface area (Å²) in [5, 5.41) is 0. The monoisotopic (exact) mass is 288 g/mol. The first-order chi connectivity index (χ1) is 10.3. The third-order valence-corrected chi connectivity index (χ3v) is 5.45. The van der Waals surface area contributed by atoms with Crippen LogP contribution in [-0.4, -0.2) is 15.0 Å². The van der Waals surface area contributed by atoms with Crippen molar-refractivity contribution in [1.82, 2.24) is 15.0 Å². The Bertz CT molecular complexity index is 460. The van der Waals surface area contributed by atoms with Gasteiger partial charge in [0.15, 0.2) is 0 Å². The molecule has 1 heterocycles. The normalized spacial score (nSPS) is 27.7. The van der Waals surface area contributed by atoms with E-state index < -0.39 is 0 Å². The lowest BCUT2D eigenvalue weighted by Crippen LogP contribution is -2.18.